The molecule has 0 bridgehead atoms. The molecule has 0 spiro atoms. The van der Waals surface area contributed by atoms with Crippen LogP contribution in [-0.2, 0) is 19.1 Å². The molecule has 2 unspecified atom stereocenters. The Morgan fingerprint density at radius 1 is 1.50 bits per heavy atom. The molecule has 1 aliphatic rings. The molecular weight excluding hydrogens is 184 g/mol. The quantitative estimate of drug-likeness (QED) is 0.643. The molecule has 0 N–H and O–H groups in total. The van der Waals surface area contributed by atoms with Crippen molar-refractivity contribution in [2.75, 3.05) is 6.61 Å². The van der Waals surface area contributed by atoms with Gasteiger partial charge in [0.05, 0.1) is 12.5 Å². The Kier molecular flexibility index (Phi) is 5.81. The first kappa shape index (κ1) is 12.8. The van der Waals surface area contributed by atoms with Crippen molar-refractivity contribution in [3.63, 3.8) is 0 Å². The second-order valence-electron chi connectivity index (χ2n) is 3.93. The molecule has 1 aliphatic carbocycles. The highest BCUT2D eigenvalue weighted by Crippen LogP contribution is 2.38. The Morgan fingerprint density at radius 3 is 2.21 bits per heavy atom. The maximum Gasteiger partial charge on any atom is 0.373 e. The van der Waals surface area contributed by atoms with Crippen LogP contribution in [0.4, 0.5) is 0 Å². The molecule has 80 valence electrons. The second-order valence-corrected chi connectivity index (χ2v) is 3.93. The van der Waals surface area contributed by atoms with Crippen LogP contribution in [0.3, 0.4) is 0 Å². The molecular formula is C10H16O4. The van der Waals surface area contributed by atoms with Crippen molar-refractivity contribution < 1.29 is 19.1 Å². The zero-order valence-electron chi connectivity index (χ0n) is 8.78. The van der Waals surface area contributed by atoms with Gasteiger partial charge in [0, 0.05) is 0 Å². The first-order valence-corrected chi connectivity index (χ1v) is 4.68. The van der Waals surface area contributed by atoms with Crippen molar-refractivity contribution >= 4 is 12.1 Å². The highest BCUT2D eigenvalue weighted by molar-refractivity contribution is 5.75. The van der Waals surface area contributed by atoms with E-state index in [1.54, 1.807) is 0 Å². The van der Waals surface area contributed by atoms with Crippen molar-refractivity contribution in [1.82, 2.24) is 0 Å². The van der Waals surface area contributed by atoms with E-state index in [0.717, 1.165) is 6.42 Å². The zero-order chi connectivity index (χ0) is 11.1. The van der Waals surface area contributed by atoms with Crippen LogP contribution in [0.2, 0.25) is 0 Å². The summed E-state index contributed by atoms with van der Waals surface area (Å²) >= 11 is 0. The fraction of sp³-hybridized carbons (Fsp3) is 0.800. The topological polar surface area (TPSA) is 60.4 Å². The minimum absolute atomic E-state index is 0.00574. The van der Waals surface area contributed by atoms with E-state index >= 15 is 0 Å². The SMILES string of the molecule is CC(C)COC(=O)C1CC1C.O=C=O. The second kappa shape index (κ2) is 6.33. The number of hydrogen-bond donors (Lipinski definition) is 0. The molecule has 1 saturated carbocycles. The number of ether oxygens (including phenoxy) is 1. The Bertz CT molecular complexity index is 216. The molecule has 0 aromatic carbocycles. The molecule has 14 heavy (non-hydrogen) atoms. The molecule has 0 amide bonds. The summed E-state index contributed by atoms with van der Waals surface area (Å²) in [5, 5.41) is 0. The standard InChI is InChI=1S/C9H16O2.CO2/c1-6(2)5-11-9(10)8-4-7(8)3;2-1-3/h6-8H,4-5H2,1-3H3;. The number of carbonyl (C=O) groups excluding carboxylic acids is 3. The minimum atomic E-state index is 0.00574. The van der Waals surface area contributed by atoms with Crippen LogP contribution in [0.15, 0.2) is 0 Å². The van der Waals surface area contributed by atoms with Crippen LogP contribution in [0.25, 0.3) is 0 Å². The largest absolute Gasteiger partial charge is 0.465 e. The van der Waals surface area contributed by atoms with Crippen molar-refractivity contribution in [2.45, 2.75) is 27.2 Å². The van der Waals surface area contributed by atoms with E-state index in [-0.39, 0.29) is 18.0 Å². The highest BCUT2D eigenvalue weighted by Gasteiger charge is 2.40. The lowest BCUT2D eigenvalue weighted by molar-refractivity contribution is -0.191. The molecule has 1 fully saturated rings. The van der Waals surface area contributed by atoms with Crippen molar-refractivity contribution in [3.05, 3.63) is 0 Å². The van der Waals surface area contributed by atoms with Crippen LogP contribution >= 0.6 is 0 Å². The Hall–Kier alpha value is -1.15. The van der Waals surface area contributed by atoms with Gasteiger partial charge in [0.2, 0.25) is 0 Å². The van der Waals surface area contributed by atoms with Gasteiger partial charge in [-0.1, -0.05) is 20.8 Å². The molecule has 0 aromatic rings. The lowest BCUT2D eigenvalue weighted by atomic mass is 10.2. The van der Waals surface area contributed by atoms with Gasteiger partial charge < -0.3 is 4.74 Å². The van der Waals surface area contributed by atoms with Gasteiger partial charge in [-0.15, -0.1) is 0 Å². The average molecular weight is 200 g/mol. The van der Waals surface area contributed by atoms with E-state index in [4.69, 9.17) is 14.3 Å². The van der Waals surface area contributed by atoms with Gasteiger partial charge in [0.15, 0.2) is 0 Å². The van der Waals surface area contributed by atoms with Crippen LogP contribution < -0.4 is 0 Å². The summed E-state index contributed by atoms with van der Waals surface area (Å²) in [5.74, 6) is 1.24. The molecule has 0 aliphatic heterocycles. The van der Waals surface area contributed by atoms with E-state index in [9.17, 15) is 4.79 Å². The van der Waals surface area contributed by atoms with Gasteiger partial charge in [-0.2, -0.15) is 9.59 Å². The van der Waals surface area contributed by atoms with E-state index in [1.807, 2.05) is 13.8 Å². The summed E-state index contributed by atoms with van der Waals surface area (Å²) in [6.07, 6.45) is 1.27. The van der Waals surface area contributed by atoms with Crippen LogP contribution in [0, 0.1) is 17.8 Å². The van der Waals surface area contributed by atoms with Gasteiger partial charge in [-0.05, 0) is 18.3 Å². The number of carbonyl (C=O) groups is 1. The summed E-state index contributed by atoms with van der Waals surface area (Å²) in [6.45, 7) is 6.75. The van der Waals surface area contributed by atoms with Crippen LogP contribution in [0.1, 0.15) is 27.2 Å². The van der Waals surface area contributed by atoms with Gasteiger partial charge >= 0.3 is 12.1 Å². The Balaban J connectivity index is 0.000000500. The van der Waals surface area contributed by atoms with Crippen molar-refractivity contribution in [1.29, 1.82) is 0 Å². The van der Waals surface area contributed by atoms with Gasteiger partial charge in [-0.25, -0.2) is 0 Å². The highest BCUT2D eigenvalue weighted by atomic mass is 16.5. The summed E-state index contributed by atoms with van der Waals surface area (Å²) in [5.41, 5.74) is 0. The first-order valence-electron chi connectivity index (χ1n) is 4.68. The summed E-state index contributed by atoms with van der Waals surface area (Å²) < 4.78 is 5.06. The lowest BCUT2D eigenvalue weighted by Gasteiger charge is -2.05. The lowest BCUT2D eigenvalue weighted by Crippen LogP contribution is -2.11. The Labute approximate surface area is 83.6 Å². The summed E-state index contributed by atoms with van der Waals surface area (Å²) in [7, 11) is 0. The summed E-state index contributed by atoms with van der Waals surface area (Å²) in [4.78, 5) is 27.3. The van der Waals surface area contributed by atoms with Crippen LogP contribution in [0.5, 0.6) is 0 Å². The number of hydrogen-bond acceptors (Lipinski definition) is 4. The third-order valence-corrected chi connectivity index (χ3v) is 1.97. The van der Waals surface area contributed by atoms with Crippen LogP contribution in [-0.4, -0.2) is 18.7 Å². The molecule has 0 radical (unpaired) electrons. The Morgan fingerprint density at radius 2 is 1.93 bits per heavy atom. The molecule has 2 atom stereocenters. The molecule has 0 aromatic heterocycles. The molecule has 1 rings (SSSR count). The van der Waals surface area contributed by atoms with E-state index in [2.05, 4.69) is 6.92 Å². The molecule has 4 nitrogen and oxygen atoms in total. The van der Waals surface area contributed by atoms with Gasteiger partial charge in [0.25, 0.3) is 0 Å². The smallest absolute Gasteiger partial charge is 0.373 e. The van der Waals surface area contributed by atoms with Gasteiger partial charge in [0.1, 0.15) is 0 Å². The van der Waals surface area contributed by atoms with Crippen molar-refractivity contribution in [2.24, 2.45) is 17.8 Å². The molecule has 0 heterocycles. The molecule has 0 saturated heterocycles. The maximum absolute atomic E-state index is 11.1. The zero-order valence-corrected chi connectivity index (χ0v) is 8.78. The normalized spacial score (nSPS) is 23.1. The predicted octanol–water partition coefficient (Wildman–Crippen LogP) is 1.26. The number of esters is 1. The first-order chi connectivity index (χ1) is 6.52. The molecule has 4 heteroatoms. The van der Waals surface area contributed by atoms with E-state index < -0.39 is 0 Å². The monoisotopic (exact) mass is 200 g/mol. The van der Waals surface area contributed by atoms with E-state index in [0.29, 0.717) is 18.4 Å². The average Bonchev–Trinajstić information content (AvgIpc) is 2.80. The fourth-order valence-electron chi connectivity index (χ4n) is 1.01. The fourth-order valence-corrected chi connectivity index (χ4v) is 1.01. The minimum Gasteiger partial charge on any atom is -0.465 e. The predicted molar refractivity (Wildman–Crippen MR) is 48.1 cm³/mol. The van der Waals surface area contributed by atoms with E-state index in [1.165, 1.54) is 0 Å². The maximum atomic E-state index is 11.1. The number of rotatable bonds is 3. The third kappa shape index (κ3) is 5.49. The van der Waals surface area contributed by atoms with Crippen molar-refractivity contribution in [3.8, 4) is 0 Å². The van der Waals surface area contributed by atoms with Gasteiger partial charge in [-0.3, -0.25) is 4.79 Å². The third-order valence-electron chi connectivity index (χ3n) is 1.97. The summed E-state index contributed by atoms with van der Waals surface area (Å²) in [6, 6.07) is 0.